The SMILES string of the molecule is CC(C)Oc1ccccc1-n1ccc2cc(-c3cnc4ccnn4c3N)ccc21. The van der Waals surface area contributed by atoms with E-state index in [9.17, 15) is 0 Å². The second-order valence-electron chi connectivity index (χ2n) is 7.25. The van der Waals surface area contributed by atoms with Gasteiger partial charge in [0.1, 0.15) is 11.6 Å². The van der Waals surface area contributed by atoms with Crippen LogP contribution in [-0.4, -0.2) is 25.3 Å². The molecule has 0 aliphatic rings. The number of nitrogens with two attached hydrogens (primary N) is 1. The quantitative estimate of drug-likeness (QED) is 0.488. The van der Waals surface area contributed by atoms with Gasteiger partial charge < -0.3 is 15.0 Å². The van der Waals surface area contributed by atoms with Gasteiger partial charge in [-0.25, -0.2) is 4.98 Å². The predicted octanol–water partition coefficient (Wildman–Crippen LogP) is 4.71. The van der Waals surface area contributed by atoms with Crippen molar-refractivity contribution in [3.63, 3.8) is 0 Å². The Kier molecular flexibility index (Phi) is 3.98. The molecule has 3 heterocycles. The summed E-state index contributed by atoms with van der Waals surface area (Å²) in [5.74, 6) is 1.44. The summed E-state index contributed by atoms with van der Waals surface area (Å²) >= 11 is 0. The van der Waals surface area contributed by atoms with Gasteiger partial charge in [-0.3, -0.25) is 0 Å². The van der Waals surface area contributed by atoms with Gasteiger partial charge in [-0.1, -0.05) is 18.2 Å². The molecule has 0 aliphatic heterocycles. The number of hydrogen-bond donors (Lipinski definition) is 1. The van der Waals surface area contributed by atoms with Crippen molar-refractivity contribution in [3.8, 4) is 22.6 Å². The standard InChI is InChI=1S/C23H21N5O/c1-15(2)29-21-6-4-3-5-20(21)27-12-10-17-13-16(7-8-19(17)27)18-14-25-22-9-11-26-28(22)23(18)24/h3-15H,24H2,1-2H3. The number of nitrogen functional groups attached to an aromatic ring is 1. The minimum absolute atomic E-state index is 0.109. The van der Waals surface area contributed by atoms with E-state index < -0.39 is 0 Å². The third kappa shape index (κ3) is 2.89. The fraction of sp³-hybridized carbons (Fsp3) is 0.130. The topological polar surface area (TPSA) is 70.4 Å². The zero-order valence-corrected chi connectivity index (χ0v) is 16.3. The zero-order valence-electron chi connectivity index (χ0n) is 16.3. The smallest absolute Gasteiger partial charge is 0.157 e. The second-order valence-corrected chi connectivity index (χ2v) is 7.25. The molecule has 0 spiro atoms. The Bertz CT molecular complexity index is 1330. The monoisotopic (exact) mass is 383 g/mol. The lowest BCUT2D eigenvalue weighted by Gasteiger charge is -2.15. The summed E-state index contributed by atoms with van der Waals surface area (Å²) in [5, 5.41) is 5.37. The molecule has 29 heavy (non-hydrogen) atoms. The molecule has 0 bridgehead atoms. The highest BCUT2D eigenvalue weighted by Crippen LogP contribution is 2.32. The third-order valence-corrected chi connectivity index (χ3v) is 4.94. The van der Waals surface area contributed by atoms with E-state index in [-0.39, 0.29) is 6.10 Å². The van der Waals surface area contributed by atoms with Crippen molar-refractivity contribution in [2.75, 3.05) is 5.73 Å². The summed E-state index contributed by atoms with van der Waals surface area (Å²) in [4.78, 5) is 4.45. The number of benzene rings is 2. The van der Waals surface area contributed by atoms with E-state index in [1.807, 2.05) is 38.1 Å². The molecule has 0 aliphatic carbocycles. The predicted molar refractivity (Wildman–Crippen MR) is 115 cm³/mol. The Labute approximate surface area is 168 Å². The van der Waals surface area contributed by atoms with Crippen molar-refractivity contribution in [3.05, 3.63) is 73.2 Å². The van der Waals surface area contributed by atoms with Crippen LogP contribution >= 0.6 is 0 Å². The molecule has 6 nitrogen and oxygen atoms in total. The summed E-state index contributed by atoms with van der Waals surface area (Å²) in [7, 11) is 0. The molecular formula is C23H21N5O. The fourth-order valence-electron chi connectivity index (χ4n) is 3.64. The van der Waals surface area contributed by atoms with Crippen molar-refractivity contribution in [1.82, 2.24) is 19.2 Å². The lowest BCUT2D eigenvalue weighted by Crippen LogP contribution is -2.08. The molecule has 6 heteroatoms. The Hall–Kier alpha value is -3.80. The second kappa shape index (κ2) is 6.67. The number of anilines is 1. The minimum atomic E-state index is 0.109. The molecule has 0 saturated heterocycles. The summed E-state index contributed by atoms with van der Waals surface area (Å²) in [5.41, 5.74) is 11.1. The average molecular weight is 383 g/mol. The third-order valence-electron chi connectivity index (χ3n) is 4.94. The van der Waals surface area contributed by atoms with Gasteiger partial charge in [-0.05, 0) is 49.7 Å². The van der Waals surface area contributed by atoms with E-state index >= 15 is 0 Å². The van der Waals surface area contributed by atoms with Crippen LogP contribution in [0.5, 0.6) is 5.75 Å². The molecule has 0 atom stereocenters. The molecule has 0 radical (unpaired) electrons. The first kappa shape index (κ1) is 17.3. The van der Waals surface area contributed by atoms with Gasteiger partial charge in [0, 0.05) is 29.4 Å². The maximum atomic E-state index is 6.34. The van der Waals surface area contributed by atoms with Gasteiger partial charge in [-0.15, -0.1) is 0 Å². The van der Waals surface area contributed by atoms with Crippen LogP contribution in [0.2, 0.25) is 0 Å². The molecule has 2 N–H and O–H groups in total. The van der Waals surface area contributed by atoms with Crippen LogP contribution in [0.25, 0.3) is 33.4 Å². The van der Waals surface area contributed by atoms with Crippen molar-refractivity contribution in [2.24, 2.45) is 0 Å². The zero-order chi connectivity index (χ0) is 20.0. The highest BCUT2D eigenvalue weighted by atomic mass is 16.5. The van der Waals surface area contributed by atoms with E-state index in [1.165, 1.54) is 0 Å². The van der Waals surface area contributed by atoms with Crippen molar-refractivity contribution < 1.29 is 4.74 Å². The molecule has 5 rings (SSSR count). The van der Waals surface area contributed by atoms with E-state index in [0.29, 0.717) is 5.82 Å². The number of aromatic nitrogens is 4. The average Bonchev–Trinajstić information content (AvgIpc) is 3.35. The van der Waals surface area contributed by atoms with Crippen LogP contribution in [0.15, 0.2) is 73.2 Å². The lowest BCUT2D eigenvalue weighted by atomic mass is 10.1. The number of nitrogens with zero attached hydrogens (tertiary/aromatic N) is 4. The van der Waals surface area contributed by atoms with Crippen LogP contribution in [0, 0.1) is 0 Å². The van der Waals surface area contributed by atoms with E-state index in [1.54, 1.807) is 16.9 Å². The van der Waals surface area contributed by atoms with Gasteiger partial charge in [0.25, 0.3) is 0 Å². The molecule has 2 aromatic carbocycles. The van der Waals surface area contributed by atoms with Crippen LogP contribution in [-0.2, 0) is 0 Å². The van der Waals surface area contributed by atoms with Crippen LogP contribution in [0.4, 0.5) is 5.82 Å². The van der Waals surface area contributed by atoms with Gasteiger partial charge >= 0.3 is 0 Å². The van der Waals surface area contributed by atoms with Gasteiger partial charge in [0.15, 0.2) is 5.65 Å². The maximum Gasteiger partial charge on any atom is 0.157 e. The molecule has 144 valence electrons. The van der Waals surface area contributed by atoms with E-state index in [2.05, 4.69) is 51.2 Å². The number of hydrogen-bond acceptors (Lipinski definition) is 4. The van der Waals surface area contributed by atoms with E-state index in [4.69, 9.17) is 10.5 Å². The fourth-order valence-corrected chi connectivity index (χ4v) is 3.64. The Morgan fingerprint density at radius 3 is 2.76 bits per heavy atom. The summed E-state index contributed by atoms with van der Waals surface area (Å²) in [6.45, 7) is 4.07. The summed E-state index contributed by atoms with van der Waals surface area (Å²) in [6, 6.07) is 18.3. The van der Waals surface area contributed by atoms with Gasteiger partial charge in [-0.2, -0.15) is 9.61 Å². The molecule has 3 aromatic heterocycles. The molecule has 5 aromatic rings. The summed E-state index contributed by atoms with van der Waals surface area (Å²) < 4.78 is 9.81. The number of rotatable bonds is 4. The summed E-state index contributed by atoms with van der Waals surface area (Å²) in [6.07, 6.45) is 5.67. The molecule has 0 saturated carbocycles. The van der Waals surface area contributed by atoms with E-state index in [0.717, 1.165) is 39.1 Å². The molecule has 0 fully saturated rings. The number of para-hydroxylation sites is 2. The van der Waals surface area contributed by atoms with Crippen molar-refractivity contribution in [2.45, 2.75) is 20.0 Å². The van der Waals surface area contributed by atoms with Crippen LogP contribution < -0.4 is 10.5 Å². The molecular weight excluding hydrogens is 362 g/mol. The van der Waals surface area contributed by atoms with Crippen molar-refractivity contribution in [1.29, 1.82) is 0 Å². The van der Waals surface area contributed by atoms with Gasteiger partial charge in [0.05, 0.1) is 23.5 Å². The Balaban J connectivity index is 1.62. The minimum Gasteiger partial charge on any atom is -0.489 e. The Morgan fingerprint density at radius 1 is 1.03 bits per heavy atom. The highest BCUT2D eigenvalue weighted by molar-refractivity contribution is 5.89. The molecule has 0 amide bonds. The van der Waals surface area contributed by atoms with Gasteiger partial charge in [0.2, 0.25) is 0 Å². The lowest BCUT2D eigenvalue weighted by molar-refractivity contribution is 0.242. The number of ether oxygens (including phenoxy) is 1. The first-order valence-electron chi connectivity index (χ1n) is 9.57. The largest absolute Gasteiger partial charge is 0.489 e. The normalized spacial score (nSPS) is 11.6. The Morgan fingerprint density at radius 2 is 1.90 bits per heavy atom. The van der Waals surface area contributed by atoms with Crippen LogP contribution in [0.1, 0.15) is 13.8 Å². The highest BCUT2D eigenvalue weighted by Gasteiger charge is 2.13. The van der Waals surface area contributed by atoms with Crippen LogP contribution in [0.3, 0.4) is 0 Å². The first-order valence-corrected chi connectivity index (χ1v) is 9.57. The number of fused-ring (bicyclic) bond motifs is 2. The first-order chi connectivity index (χ1) is 14.1. The molecule has 0 unspecified atom stereocenters. The van der Waals surface area contributed by atoms with Crippen molar-refractivity contribution >= 4 is 22.4 Å². The maximum absolute atomic E-state index is 6.34.